The highest BCUT2D eigenvalue weighted by Crippen LogP contribution is 2.32. The standard InChI is InChI=1S/C12H24N2O/c1-11(2,3)10-5-8-15-12(13-10)6-7-14(4)9-12/h10,13H,5-9H2,1-4H3. The number of likely N-dealkylation sites (N-methyl/N-ethyl adjacent to an activating group) is 1. The first-order valence-corrected chi connectivity index (χ1v) is 6.02. The third kappa shape index (κ3) is 2.35. The molecule has 2 unspecified atom stereocenters. The van der Waals surface area contributed by atoms with Crippen molar-refractivity contribution >= 4 is 0 Å². The average Bonchev–Trinajstić information content (AvgIpc) is 2.46. The summed E-state index contributed by atoms with van der Waals surface area (Å²) < 4.78 is 5.97. The minimum atomic E-state index is -0.0506. The summed E-state index contributed by atoms with van der Waals surface area (Å²) in [6, 6.07) is 0.581. The molecule has 2 fully saturated rings. The lowest BCUT2D eigenvalue weighted by molar-refractivity contribution is -0.114. The summed E-state index contributed by atoms with van der Waals surface area (Å²) in [4.78, 5) is 2.35. The lowest BCUT2D eigenvalue weighted by Crippen LogP contribution is -2.61. The summed E-state index contributed by atoms with van der Waals surface area (Å²) in [6.07, 6.45) is 2.26. The molecule has 1 spiro atoms. The Morgan fingerprint density at radius 3 is 2.67 bits per heavy atom. The maximum Gasteiger partial charge on any atom is 0.133 e. The molecule has 0 bridgehead atoms. The summed E-state index contributed by atoms with van der Waals surface area (Å²) in [6.45, 7) is 10.00. The molecule has 2 rings (SSSR count). The predicted octanol–water partition coefficient (Wildman–Crippen LogP) is 1.44. The van der Waals surface area contributed by atoms with Crippen LogP contribution in [0.15, 0.2) is 0 Å². The Morgan fingerprint density at radius 1 is 1.40 bits per heavy atom. The first kappa shape index (κ1) is 11.4. The summed E-state index contributed by atoms with van der Waals surface area (Å²) in [7, 11) is 2.17. The number of hydrogen-bond donors (Lipinski definition) is 1. The van der Waals surface area contributed by atoms with Crippen molar-refractivity contribution in [3.8, 4) is 0 Å². The van der Waals surface area contributed by atoms with Crippen molar-refractivity contribution in [2.24, 2.45) is 5.41 Å². The molecule has 2 aliphatic rings. The van der Waals surface area contributed by atoms with E-state index in [0.717, 1.165) is 32.5 Å². The van der Waals surface area contributed by atoms with Crippen molar-refractivity contribution in [1.82, 2.24) is 10.2 Å². The molecule has 0 amide bonds. The highest BCUT2D eigenvalue weighted by atomic mass is 16.5. The topological polar surface area (TPSA) is 24.5 Å². The number of nitrogens with zero attached hydrogens (tertiary/aromatic N) is 1. The van der Waals surface area contributed by atoms with Gasteiger partial charge >= 0.3 is 0 Å². The highest BCUT2D eigenvalue weighted by Gasteiger charge is 2.44. The first-order valence-electron chi connectivity index (χ1n) is 6.02. The van der Waals surface area contributed by atoms with Crippen LogP contribution in [0.25, 0.3) is 0 Å². The highest BCUT2D eigenvalue weighted by molar-refractivity contribution is 4.96. The van der Waals surface area contributed by atoms with Gasteiger partial charge in [-0.3, -0.25) is 5.32 Å². The molecule has 0 aromatic rings. The first-order chi connectivity index (χ1) is 6.91. The van der Waals surface area contributed by atoms with Crippen LogP contribution in [0.5, 0.6) is 0 Å². The molecule has 1 N–H and O–H groups in total. The van der Waals surface area contributed by atoms with Crippen LogP contribution in [0.1, 0.15) is 33.6 Å². The average molecular weight is 212 g/mol. The van der Waals surface area contributed by atoms with Crippen molar-refractivity contribution < 1.29 is 4.74 Å². The van der Waals surface area contributed by atoms with Crippen LogP contribution in [0.4, 0.5) is 0 Å². The normalized spacial score (nSPS) is 38.8. The molecular formula is C12H24N2O. The van der Waals surface area contributed by atoms with Gasteiger partial charge in [-0.2, -0.15) is 0 Å². The fourth-order valence-electron chi connectivity index (χ4n) is 2.65. The lowest BCUT2D eigenvalue weighted by atomic mass is 9.83. The fourth-order valence-corrected chi connectivity index (χ4v) is 2.65. The number of rotatable bonds is 0. The molecule has 3 heteroatoms. The maximum absolute atomic E-state index is 5.97. The van der Waals surface area contributed by atoms with Gasteiger partial charge in [-0.15, -0.1) is 0 Å². The monoisotopic (exact) mass is 212 g/mol. The maximum atomic E-state index is 5.97. The van der Waals surface area contributed by atoms with Crippen LogP contribution in [0, 0.1) is 5.41 Å². The quantitative estimate of drug-likeness (QED) is 0.657. The van der Waals surface area contributed by atoms with Gasteiger partial charge in [0.15, 0.2) is 0 Å². The van der Waals surface area contributed by atoms with Crippen molar-refractivity contribution in [2.45, 2.75) is 45.4 Å². The van der Waals surface area contributed by atoms with Gasteiger partial charge in [0.25, 0.3) is 0 Å². The molecule has 0 aromatic carbocycles. The summed E-state index contributed by atoms with van der Waals surface area (Å²) >= 11 is 0. The Bertz CT molecular complexity index is 232. The van der Waals surface area contributed by atoms with E-state index < -0.39 is 0 Å². The molecule has 0 aliphatic carbocycles. The number of ether oxygens (including phenoxy) is 1. The summed E-state index contributed by atoms with van der Waals surface area (Å²) in [5, 5.41) is 3.74. The second-order valence-corrected chi connectivity index (χ2v) is 6.18. The van der Waals surface area contributed by atoms with Gasteiger partial charge in [0.2, 0.25) is 0 Å². The molecule has 0 aromatic heterocycles. The van der Waals surface area contributed by atoms with Gasteiger partial charge in [0, 0.05) is 25.6 Å². The van der Waals surface area contributed by atoms with E-state index in [-0.39, 0.29) is 5.72 Å². The van der Waals surface area contributed by atoms with Crippen LogP contribution in [-0.2, 0) is 4.74 Å². The molecule has 2 aliphatic heterocycles. The Labute approximate surface area is 93.2 Å². The molecular weight excluding hydrogens is 188 g/mol. The molecule has 2 heterocycles. The van der Waals surface area contributed by atoms with Crippen LogP contribution in [0.2, 0.25) is 0 Å². The van der Waals surface area contributed by atoms with E-state index in [1.165, 1.54) is 0 Å². The Kier molecular flexibility index (Phi) is 2.82. The largest absolute Gasteiger partial charge is 0.359 e. The van der Waals surface area contributed by atoms with E-state index in [4.69, 9.17) is 4.74 Å². The van der Waals surface area contributed by atoms with E-state index >= 15 is 0 Å². The predicted molar refractivity (Wildman–Crippen MR) is 61.8 cm³/mol. The second kappa shape index (κ2) is 3.72. The second-order valence-electron chi connectivity index (χ2n) is 6.18. The molecule has 88 valence electrons. The Balaban J connectivity index is 2.04. The van der Waals surface area contributed by atoms with E-state index in [9.17, 15) is 0 Å². The van der Waals surface area contributed by atoms with Crippen molar-refractivity contribution in [3.63, 3.8) is 0 Å². The minimum Gasteiger partial charge on any atom is -0.359 e. The van der Waals surface area contributed by atoms with Crippen LogP contribution in [0.3, 0.4) is 0 Å². The molecule has 2 atom stereocenters. The van der Waals surface area contributed by atoms with E-state index in [0.29, 0.717) is 11.5 Å². The van der Waals surface area contributed by atoms with Gasteiger partial charge in [-0.05, 0) is 18.9 Å². The number of likely N-dealkylation sites (tertiary alicyclic amines) is 1. The fraction of sp³-hybridized carbons (Fsp3) is 1.00. The van der Waals surface area contributed by atoms with E-state index in [2.05, 4.69) is 38.0 Å². The van der Waals surface area contributed by atoms with Crippen LogP contribution in [-0.4, -0.2) is 43.4 Å². The third-order valence-electron chi connectivity index (χ3n) is 3.69. The Morgan fingerprint density at radius 2 is 2.13 bits per heavy atom. The summed E-state index contributed by atoms with van der Waals surface area (Å²) in [5.41, 5.74) is 0.281. The van der Waals surface area contributed by atoms with Gasteiger partial charge in [0.1, 0.15) is 5.72 Å². The SMILES string of the molecule is CN1CCC2(C1)NC(C(C)(C)C)CCO2. The van der Waals surface area contributed by atoms with Gasteiger partial charge in [0.05, 0.1) is 6.61 Å². The zero-order valence-electron chi connectivity index (χ0n) is 10.5. The third-order valence-corrected chi connectivity index (χ3v) is 3.69. The molecule has 3 nitrogen and oxygen atoms in total. The number of hydrogen-bond acceptors (Lipinski definition) is 3. The number of nitrogens with one attached hydrogen (secondary N) is 1. The molecule has 2 saturated heterocycles. The van der Waals surface area contributed by atoms with E-state index in [1.807, 2.05) is 0 Å². The molecule has 15 heavy (non-hydrogen) atoms. The van der Waals surface area contributed by atoms with Gasteiger partial charge < -0.3 is 9.64 Å². The van der Waals surface area contributed by atoms with Crippen LogP contribution >= 0.6 is 0 Å². The molecule has 0 radical (unpaired) electrons. The van der Waals surface area contributed by atoms with Crippen molar-refractivity contribution in [3.05, 3.63) is 0 Å². The summed E-state index contributed by atoms with van der Waals surface area (Å²) in [5.74, 6) is 0. The van der Waals surface area contributed by atoms with Gasteiger partial charge in [-0.25, -0.2) is 0 Å². The lowest BCUT2D eigenvalue weighted by Gasteiger charge is -2.44. The smallest absolute Gasteiger partial charge is 0.133 e. The van der Waals surface area contributed by atoms with Crippen molar-refractivity contribution in [2.75, 3.05) is 26.7 Å². The van der Waals surface area contributed by atoms with Crippen molar-refractivity contribution in [1.29, 1.82) is 0 Å². The zero-order chi connectivity index (χ0) is 11.1. The molecule has 0 saturated carbocycles. The zero-order valence-corrected chi connectivity index (χ0v) is 10.5. The van der Waals surface area contributed by atoms with Gasteiger partial charge in [-0.1, -0.05) is 20.8 Å². The Hall–Kier alpha value is -0.120. The minimum absolute atomic E-state index is 0.0506. The van der Waals surface area contributed by atoms with E-state index in [1.54, 1.807) is 0 Å². The van der Waals surface area contributed by atoms with Crippen LogP contribution < -0.4 is 5.32 Å².